The van der Waals surface area contributed by atoms with E-state index in [1.54, 1.807) is 36.9 Å². The Morgan fingerprint density at radius 2 is 1.74 bits per heavy atom. The lowest BCUT2D eigenvalue weighted by Crippen LogP contribution is -2.52. The number of rotatable bonds is 7. The van der Waals surface area contributed by atoms with Crippen molar-refractivity contribution in [1.29, 1.82) is 0 Å². The summed E-state index contributed by atoms with van der Waals surface area (Å²) in [4.78, 5) is 41.8. The Labute approximate surface area is 209 Å². The van der Waals surface area contributed by atoms with Crippen molar-refractivity contribution in [2.45, 2.75) is 31.7 Å². The lowest BCUT2D eigenvalue weighted by atomic mass is 9.92. The highest BCUT2D eigenvalue weighted by atomic mass is 32.2. The molecule has 180 valence electrons. The van der Waals surface area contributed by atoms with Gasteiger partial charge < -0.3 is 11.1 Å². The van der Waals surface area contributed by atoms with Crippen molar-refractivity contribution in [1.82, 2.24) is 5.32 Å². The molecule has 0 spiro atoms. The summed E-state index contributed by atoms with van der Waals surface area (Å²) in [7, 11) is 0. The second kappa shape index (κ2) is 10.8. The summed E-state index contributed by atoms with van der Waals surface area (Å²) in [5.41, 5.74) is 10.5. The average Bonchev–Trinajstić information content (AvgIpc) is 2.95. The van der Waals surface area contributed by atoms with Gasteiger partial charge in [-0.2, -0.15) is 11.8 Å². The number of carbonyl (C=O) groups excluding carboxylic acids is 3. The van der Waals surface area contributed by atoms with Crippen molar-refractivity contribution < 1.29 is 14.4 Å². The molecule has 3 N–H and O–H groups in total. The number of hydrogen-bond acceptors (Lipinski definition) is 5. The fourth-order valence-electron chi connectivity index (χ4n) is 4.49. The quantitative estimate of drug-likeness (QED) is 0.482. The highest BCUT2D eigenvalue weighted by Gasteiger charge is 2.38. The molecule has 7 heteroatoms. The molecule has 6 nitrogen and oxygen atoms in total. The number of anilines is 2. The molecule has 1 unspecified atom stereocenters. The van der Waals surface area contributed by atoms with Crippen LogP contribution in [-0.4, -0.2) is 35.8 Å². The van der Waals surface area contributed by atoms with E-state index in [-0.39, 0.29) is 18.2 Å². The third-order valence-corrected chi connectivity index (χ3v) is 6.92. The molecule has 1 aliphatic rings. The molecule has 2 atom stereocenters. The van der Waals surface area contributed by atoms with Gasteiger partial charge in [0, 0.05) is 11.3 Å². The normalized spacial score (nSPS) is 15.5. The van der Waals surface area contributed by atoms with Crippen LogP contribution in [0.15, 0.2) is 72.8 Å². The van der Waals surface area contributed by atoms with E-state index >= 15 is 0 Å². The van der Waals surface area contributed by atoms with Gasteiger partial charge in [-0.1, -0.05) is 60.7 Å². The Kier molecular flexibility index (Phi) is 7.56. The van der Waals surface area contributed by atoms with Crippen LogP contribution in [0.1, 0.15) is 30.4 Å². The highest BCUT2D eigenvalue weighted by Crippen LogP contribution is 2.44. The first kappa shape index (κ1) is 24.5. The summed E-state index contributed by atoms with van der Waals surface area (Å²) in [6.45, 7) is 1.80. The summed E-state index contributed by atoms with van der Waals surface area (Å²) in [5, 5.41) is 2.89. The minimum absolute atomic E-state index is 0.156. The number of nitrogens with one attached hydrogen (secondary N) is 1. The topological polar surface area (TPSA) is 92.5 Å². The SMILES string of the molecule is CSCC[C@H](NC(=O)Cc1ccccc1)C(=O)N1C(=O)C(C)c2ccccc2-c2c(N)cccc21. The monoisotopic (exact) mass is 487 g/mol. The summed E-state index contributed by atoms with van der Waals surface area (Å²) < 4.78 is 0. The minimum atomic E-state index is -0.842. The van der Waals surface area contributed by atoms with Crippen LogP contribution < -0.4 is 16.0 Å². The van der Waals surface area contributed by atoms with Gasteiger partial charge in [-0.05, 0) is 54.2 Å². The molecule has 3 aromatic carbocycles. The number of nitrogens with two attached hydrogens (primary N) is 1. The van der Waals surface area contributed by atoms with Crippen molar-refractivity contribution in [3.63, 3.8) is 0 Å². The number of amides is 3. The van der Waals surface area contributed by atoms with Gasteiger partial charge in [0.2, 0.25) is 11.8 Å². The van der Waals surface area contributed by atoms with E-state index in [4.69, 9.17) is 5.73 Å². The second-order valence-corrected chi connectivity index (χ2v) is 9.61. The molecule has 1 aliphatic heterocycles. The zero-order valence-electron chi connectivity index (χ0n) is 19.9. The Morgan fingerprint density at radius 1 is 1.03 bits per heavy atom. The van der Waals surface area contributed by atoms with Gasteiger partial charge in [0.15, 0.2) is 0 Å². The summed E-state index contributed by atoms with van der Waals surface area (Å²) in [6.07, 6.45) is 2.51. The standard InChI is InChI=1S/C28H29N3O3S/c1-18-20-11-6-7-12-21(20)26-22(29)13-8-14-24(26)31(27(18)33)28(34)23(15-16-35-2)30-25(32)17-19-9-4-3-5-10-19/h3-14,18,23H,15-17,29H2,1-2H3,(H,30,32)/t18?,23-/m0/s1. The maximum absolute atomic E-state index is 14.0. The molecular formula is C28H29N3O3S. The van der Waals surface area contributed by atoms with Crippen molar-refractivity contribution in [2.75, 3.05) is 22.6 Å². The molecule has 4 rings (SSSR count). The van der Waals surface area contributed by atoms with Gasteiger partial charge in [-0.25, -0.2) is 4.90 Å². The molecule has 0 radical (unpaired) electrons. The largest absolute Gasteiger partial charge is 0.398 e. The fourth-order valence-corrected chi connectivity index (χ4v) is 4.96. The molecule has 3 aromatic rings. The second-order valence-electron chi connectivity index (χ2n) is 8.63. The van der Waals surface area contributed by atoms with Crippen molar-refractivity contribution >= 4 is 40.9 Å². The van der Waals surface area contributed by atoms with Crippen molar-refractivity contribution in [3.05, 3.63) is 83.9 Å². The number of nitrogen functional groups attached to an aromatic ring is 1. The van der Waals surface area contributed by atoms with Crippen LogP contribution in [0.5, 0.6) is 0 Å². The third-order valence-electron chi connectivity index (χ3n) is 6.27. The van der Waals surface area contributed by atoms with Crippen LogP contribution in [-0.2, 0) is 20.8 Å². The molecule has 1 heterocycles. The van der Waals surface area contributed by atoms with E-state index in [0.717, 1.165) is 16.7 Å². The minimum Gasteiger partial charge on any atom is -0.398 e. The van der Waals surface area contributed by atoms with Crippen molar-refractivity contribution in [2.24, 2.45) is 0 Å². The number of thioether (sulfide) groups is 1. The molecule has 0 fully saturated rings. The lowest BCUT2D eigenvalue weighted by molar-refractivity contribution is -0.131. The number of carbonyl (C=O) groups is 3. The Balaban J connectivity index is 1.71. The predicted molar refractivity (Wildman–Crippen MR) is 142 cm³/mol. The van der Waals surface area contributed by atoms with Crippen molar-refractivity contribution in [3.8, 4) is 11.1 Å². The number of nitrogens with zero attached hydrogens (tertiary/aromatic N) is 1. The van der Waals surface area contributed by atoms with E-state index in [0.29, 0.717) is 29.1 Å². The molecule has 3 amide bonds. The fraction of sp³-hybridized carbons (Fsp3) is 0.250. The van der Waals surface area contributed by atoms with Gasteiger partial charge in [0.05, 0.1) is 18.0 Å². The Hall–Kier alpha value is -3.58. The van der Waals surface area contributed by atoms with E-state index in [9.17, 15) is 14.4 Å². The first-order valence-electron chi connectivity index (χ1n) is 11.6. The highest BCUT2D eigenvalue weighted by molar-refractivity contribution is 7.98. The summed E-state index contributed by atoms with van der Waals surface area (Å²) >= 11 is 1.58. The molecule has 0 aliphatic carbocycles. The molecular weight excluding hydrogens is 458 g/mol. The number of imide groups is 1. The summed E-state index contributed by atoms with van der Waals surface area (Å²) in [6, 6.07) is 21.4. The third kappa shape index (κ3) is 5.10. The molecule has 0 saturated heterocycles. The van der Waals surface area contributed by atoms with Crippen LogP contribution >= 0.6 is 11.8 Å². The van der Waals surface area contributed by atoms with E-state index in [2.05, 4.69) is 5.32 Å². The van der Waals surface area contributed by atoms with Crippen LogP contribution in [0.4, 0.5) is 11.4 Å². The lowest BCUT2D eigenvalue weighted by Gasteiger charge is -2.28. The smallest absolute Gasteiger partial charge is 0.256 e. The Bertz CT molecular complexity index is 1250. The van der Waals surface area contributed by atoms with Gasteiger partial charge in [0.1, 0.15) is 6.04 Å². The summed E-state index contributed by atoms with van der Waals surface area (Å²) in [5.74, 6) is -0.940. The molecule has 0 bridgehead atoms. The van der Waals surface area contributed by atoms with Crippen LogP contribution in [0.2, 0.25) is 0 Å². The van der Waals surface area contributed by atoms with Gasteiger partial charge in [0.25, 0.3) is 5.91 Å². The molecule has 35 heavy (non-hydrogen) atoms. The van der Waals surface area contributed by atoms with Crippen LogP contribution in [0.3, 0.4) is 0 Å². The van der Waals surface area contributed by atoms with Gasteiger partial charge in [-0.15, -0.1) is 0 Å². The average molecular weight is 488 g/mol. The maximum atomic E-state index is 14.0. The molecule has 0 aromatic heterocycles. The van der Waals surface area contributed by atoms with Crippen LogP contribution in [0, 0.1) is 0 Å². The van der Waals surface area contributed by atoms with Gasteiger partial charge >= 0.3 is 0 Å². The zero-order valence-corrected chi connectivity index (χ0v) is 20.7. The van der Waals surface area contributed by atoms with E-state index < -0.39 is 17.9 Å². The van der Waals surface area contributed by atoms with E-state index in [1.807, 2.05) is 60.9 Å². The Morgan fingerprint density at radius 3 is 2.49 bits per heavy atom. The van der Waals surface area contributed by atoms with Crippen LogP contribution in [0.25, 0.3) is 11.1 Å². The number of benzene rings is 3. The first-order chi connectivity index (χ1) is 16.9. The zero-order chi connectivity index (χ0) is 24.9. The maximum Gasteiger partial charge on any atom is 0.256 e. The number of fused-ring (bicyclic) bond motifs is 3. The number of hydrogen-bond donors (Lipinski definition) is 2. The van der Waals surface area contributed by atoms with E-state index in [1.165, 1.54) is 4.90 Å². The van der Waals surface area contributed by atoms with Gasteiger partial charge in [-0.3, -0.25) is 14.4 Å². The molecule has 0 saturated carbocycles. The predicted octanol–water partition coefficient (Wildman–Crippen LogP) is 4.39. The first-order valence-corrected chi connectivity index (χ1v) is 13.0.